The third-order valence-corrected chi connectivity index (χ3v) is 2.01. The molecule has 0 bridgehead atoms. The number of nitrogens with one attached hydrogen (secondary N) is 1. The van der Waals surface area contributed by atoms with Crippen molar-refractivity contribution in [3.05, 3.63) is 0 Å². The summed E-state index contributed by atoms with van der Waals surface area (Å²) in [5.41, 5.74) is 0. The highest BCUT2D eigenvalue weighted by Crippen LogP contribution is 1.98. The fourth-order valence-corrected chi connectivity index (χ4v) is 1.18. The maximum Gasteiger partial charge on any atom is 0.323 e. The van der Waals surface area contributed by atoms with Gasteiger partial charge in [0.2, 0.25) is 5.91 Å². The quantitative estimate of drug-likeness (QED) is 0.554. The van der Waals surface area contributed by atoms with Gasteiger partial charge >= 0.3 is 5.97 Å². The maximum absolute atomic E-state index is 11.6. The van der Waals surface area contributed by atoms with Crippen LogP contribution in [0.1, 0.15) is 13.8 Å². The number of carboxylic acid groups (broad SMARTS) is 1. The number of hydrogen-bond donors (Lipinski definition) is 2. The van der Waals surface area contributed by atoms with Crippen molar-refractivity contribution in [2.24, 2.45) is 0 Å². The first-order chi connectivity index (χ1) is 7.49. The van der Waals surface area contributed by atoms with Crippen molar-refractivity contribution in [2.75, 3.05) is 33.4 Å². The molecule has 0 atom stereocenters. The van der Waals surface area contributed by atoms with Crippen LogP contribution in [0.3, 0.4) is 0 Å². The zero-order chi connectivity index (χ0) is 12.6. The fraction of sp³-hybridized carbons (Fsp3) is 0.800. The van der Waals surface area contributed by atoms with Crippen LogP contribution in [0.5, 0.6) is 0 Å². The molecule has 6 nitrogen and oxygen atoms in total. The van der Waals surface area contributed by atoms with Crippen molar-refractivity contribution in [1.82, 2.24) is 10.2 Å². The van der Waals surface area contributed by atoms with E-state index in [1.54, 1.807) is 21.0 Å². The van der Waals surface area contributed by atoms with Gasteiger partial charge in [-0.15, -0.1) is 0 Å². The smallest absolute Gasteiger partial charge is 0.323 e. The predicted molar refractivity (Wildman–Crippen MR) is 59.2 cm³/mol. The minimum Gasteiger partial charge on any atom is -0.480 e. The van der Waals surface area contributed by atoms with Crippen molar-refractivity contribution in [3.63, 3.8) is 0 Å². The molecule has 0 aliphatic rings. The number of carboxylic acids is 1. The van der Waals surface area contributed by atoms with Crippen LogP contribution in [-0.2, 0) is 14.3 Å². The molecule has 0 spiro atoms. The second-order valence-electron chi connectivity index (χ2n) is 3.68. The van der Waals surface area contributed by atoms with Crippen molar-refractivity contribution in [3.8, 4) is 0 Å². The Balaban J connectivity index is 4.02. The van der Waals surface area contributed by atoms with E-state index >= 15 is 0 Å². The average Bonchev–Trinajstić information content (AvgIpc) is 2.20. The Kier molecular flexibility index (Phi) is 7.49. The summed E-state index contributed by atoms with van der Waals surface area (Å²) in [7, 11) is 1.58. The number of carbonyl (C=O) groups is 2. The van der Waals surface area contributed by atoms with Crippen LogP contribution in [0, 0.1) is 0 Å². The van der Waals surface area contributed by atoms with Crippen LogP contribution in [0.15, 0.2) is 0 Å². The Hall–Kier alpha value is -1.14. The lowest BCUT2D eigenvalue weighted by atomic mass is 10.3. The summed E-state index contributed by atoms with van der Waals surface area (Å²) in [5.74, 6) is -1.22. The first-order valence-corrected chi connectivity index (χ1v) is 5.20. The summed E-state index contributed by atoms with van der Waals surface area (Å²) in [5, 5.41) is 11.5. The number of aliphatic carboxylic acids is 1. The van der Waals surface area contributed by atoms with Gasteiger partial charge in [0, 0.05) is 19.7 Å². The monoisotopic (exact) mass is 232 g/mol. The molecule has 1 amide bonds. The van der Waals surface area contributed by atoms with Gasteiger partial charge in [-0.05, 0) is 13.8 Å². The van der Waals surface area contributed by atoms with Crippen molar-refractivity contribution >= 4 is 11.9 Å². The van der Waals surface area contributed by atoms with Crippen molar-refractivity contribution in [1.29, 1.82) is 0 Å². The molecule has 94 valence electrons. The molecule has 0 aliphatic heterocycles. The largest absolute Gasteiger partial charge is 0.480 e. The molecule has 0 rings (SSSR count). The zero-order valence-electron chi connectivity index (χ0n) is 10.0. The summed E-state index contributed by atoms with van der Waals surface area (Å²) in [6.07, 6.45) is 0. The molecule has 2 N–H and O–H groups in total. The number of rotatable bonds is 8. The molecule has 16 heavy (non-hydrogen) atoms. The van der Waals surface area contributed by atoms with Crippen molar-refractivity contribution in [2.45, 2.75) is 19.9 Å². The lowest BCUT2D eigenvalue weighted by molar-refractivity contribution is -0.145. The SMILES string of the molecule is COCCNCC(=O)N(CC(=O)O)C(C)C. The van der Waals surface area contributed by atoms with E-state index in [0.717, 1.165) is 0 Å². The number of amides is 1. The molecule has 0 saturated heterocycles. The van der Waals surface area contributed by atoms with E-state index in [2.05, 4.69) is 5.32 Å². The second-order valence-corrected chi connectivity index (χ2v) is 3.68. The standard InChI is InChI=1S/C10H20N2O4/c1-8(2)12(7-10(14)15)9(13)6-11-4-5-16-3/h8,11H,4-7H2,1-3H3,(H,14,15). The molecule has 0 unspecified atom stereocenters. The van der Waals surface area contributed by atoms with E-state index in [4.69, 9.17) is 9.84 Å². The van der Waals surface area contributed by atoms with Crippen LogP contribution in [-0.4, -0.2) is 61.3 Å². The van der Waals surface area contributed by atoms with Gasteiger partial charge in [0.1, 0.15) is 6.54 Å². The highest BCUT2D eigenvalue weighted by atomic mass is 16.5. The van der Waals surface area contributed by atoms with E-state index in [9.17, 15) is 9.59 Å². The predicted octanol–water partition coefficient (Wildman–Crippen LogP) is -0.456. The highest BCUT2D eigenvalue weighted by molar-refractivity contribution is 5.82. The highest BCUT2D eigenvalue weighted by Gasteiger charge is 2.18. The van der Waals surface area contributed by atoms with Gasteiger partial charge in [0.15, 0.2) is 0 Å². The number of carbonyl (C=O) groups excluding carboxylic acids is 1. The minimum atomic E-state index is -1.00. The third kappa shape index (κ3) is 6.36. The van der Waals surface area contributed by atoms with Gasteiger partial charge in [-0.3, -0.25) is 9.59 Å². The fourth-order valence-electron chi connectivity index (χ4n) is 1.18. The van der Waals surface area contributed by atoms with E-state index in [0.29, 0.717) is 13.2 Å². The molecule has 0 radical (unpaired) electrons. The molecule has 0 saturated carbocycles. The molecule has 0 heterocycles. The van der Waals surface area contributed by atoms with Gasteiger partial charge in [0.05, 0.1) is 13.2 Å². The van der Waals surface area contributed by atoms with E-state index in [1.807, 2.05) is 0 Å². The number of hydrogen-bond acceptors (Lipinski definition) is 4. The molecule has 0 aliphatic carbocycles. The Morgan fingerprint density at radius 3 is 2.50 bits per heavy atom. The Bertz CT molecular complexity index is 231. The molecule has 0 fully saturated rings. The van der Waals surface area contributed by atoms with Crippen LogP contribution in [0.25, 0.3) is 0 Å². The maximum atomic E-state index is 11.6. The van der Waals surface area contributed by atoms with E-state index in [1.165, 1.54) is 4.90 Å². The second kappa shape index (κ2) is 8.06. The summed E-state index contributed by atoms with van der Waals surface area (Å²) >= 11 is 0. The number of ether oxygens (including phenoxy) is 1. The van der Waals surface area contributed by atoms with Crippen LogP contribution >= 0.6 is 0 Å². The van der Waals surface area contributed by atoms with Gasteiger partial charge < -0.3 is 20.1 Å². The van der Waals surface area contributed by atoms with Gasteiger partial charge in [0.25, 0.3) is 0 Å². The third-order valence-electron chi connectivity index (χ3n) is 2.01. The zero-order valence-corrected chi connectivity index (χ0v) is 10.0. The van der Waals surface area contributed by atoms with Gasteiger partial charge in [-0.1, -0.05) is 0 Å². The molecular weight excluding hydrogens is 212 g/mol. The van der Waals surface area contributed by atoms with E-state index < -0.39 is 5.97 Å². The Labute approximate surface area is 95.6 Å². The van der Waals surface area contributed by atoms with Crippen molar-refractivity contribution < 1.29 is 19.4 Å². The topological polar surface area (TPSA) is 78.9 Å². The first kappa shape index (κ1) is 14.9. The minimum absolute atomic E-state index is 0.118. The van der Waals surface area contributed by atoms with Crippen LogP contribution in [0.4, 0.5) is 0 Å². The average molecular weight is 232 g/mol. The molecule has 6 heteroatoms. The first-order valence-electron chi connectivity index (χ1n) is 5.20. The Morgan fingerprint density at radius 2 is 2.06 bits per heavy atom. The lowest BCUT2D eigenvalue weighted by Crippen LogP contribution is -2.45. The lowest BCUT2D eigenvalue weighted by Gasteiger charge is -2.24. The molecule has 0 aromatic rings. The Morgan fingerprint density at radius 1 is 1.44 bits per heavy atom. The van der Waals surface area contributed by atoms with Gasteiger partial charge in [-0.25, -0.2) is 0 Å². The van der Waals surface area contributed by atoms with Crippen LogP contribution in [0.2, 0.25) is 0 Å². The molecular formula is C10H20N2O4. The summed E-state index contributed by atoms with van der Waals surface area (Å²) in [6, 6.07) is -0.118. The van der Waals surface area contributed by atoms with Crippen LogP contribution < -0.4 is 5.32 Å². The number of nitrogens with zero attached hydrogens (tertiary/aromatic N) is 1. The molecule has 0 aromatic heterocycles. The number of methoxy groups -OCH3 is 1. The van der Waals surface area contributed by atoms with Gasteiger partial charge in [-0.2, -0.15) is 0 Å². The normalized spacial score (nSPS) is 10.5. The van der Waals surface area contributed by atoms with E-state index in [-0.39, 0.29) is 25.0 Å². The molecule has 0 aromatic carbocycles. The summed E-state index contributed by atoms with van der Waals surface area (Å²) < 4.78 is 4.81. The summed E-state index contributed by atoms with van der Waals surface area (Å²) in [4.78, 5) is 23.5. The summed E-state index contributed by atoms with van der Waals surface area (Å²) in [6.45, 7) is 4.54.